The maximum atomic E-state index is 13.0. The highest BCUT2D eigenvalue weighted by Gasteiger charge is 2.37. The number of unbranched alkanes of at least 4 members (excludes halogenated alkanes) is 1. The van der Waals surface area contributed by atoms with Gasteiger partial charge in [0.2, 0.25) is 0 Å². The van der Waals surface area contributed by atoms with Gasteiger partial charge in [-0.05, 0) is 52.2 Å². The third-order valence-electron chi connectivity index (χ3n) is 5.94. The van der Waals surface area contributed by atoms with Crippen LogP contribution in [0, 0.1) is 6.92 Å². The molecule has 0 saturated carbocycles. The Morgan fingerprint density at radius 2 is 2.03 bits per heavy atom. The molecule has 0 bridgehead atoms. The van der Waals surface area contributed by atoms with Gasteiger partial charge < -0.3 is 10.2 Å². The lowest BCUT2D eigenvalue weighted by atomic mass is 9.92. The zero-order chi connectivity index (χ0) is 22.0. The zero-order valence-electron chi connectivity index (χ0n) is 18.8. The molecule has 4 rings (SSSR count). The summed E-state index contributed by atoms with van der Waals surface area (Å²) in [5.41, 5.74) is 1.72. The van der Waals surface area contributed by atoms with Crippen LogP contribution >= 0.6 is 11.3 Å². The van der Waals surface area contributed by atoms with Crippen molar-refractivity contribution < 1.29 is 4.79 Å². The second kappa shape index (κ2) is 8.83. The van der Waals surface area contributed by atoms with E-state index < -0.39 is 0 Å². The normalized spacial score (nSPS) is 17.1. The van der Waals surface area contributed by atoms with Crippen LogP contribution in [0.25, 0.3) is 0 Å². The molecule has 1 N–H and O–H groups in total. The number of hydrogen-bond acceptors (Lipinski definition) is 6. The van der Waals surface area contributed by atoms with E-state index in [-0.39, 0.29) is 17.4 Å². The molecule has 0 radical (unpaired) electrons. The van der Waals surface area contributed by atoms with Gasteiger partial charge in [0.25, 0.3) is 0 Å². The van der Waals surface area contributed by atoms with Gasteiger partial charge in [-0.2, -0.15) is 5.10 Å². The standard InChI is InChI=1S/C24H31N5OS/c1-17-15-25-23(31-17)20-14-24(2,3)29-22(27-20)19(16-26-29)21(30)12-8-9-13-28(4)18-10-6-5-7-11-18/h5-7,10-11,15-16,20,27H,8-9,12-14H2,1-4H3. The minimum absolute atomic E-state index is 0.101. The molecule has 3 aromatic rings. The molecular formula is C24H31N5OS. The lowest BCUT2D eigenvalue weighted by Gasteiger charge is -2.37. The molecule has 0 amide bonds. The minimum Gasteiger partial charge on any atom is -0.375 e. The first-order valence-electron chi connectivity index (χ1n) is 10.9. The van der Waals surface area contributed by atoms with Crippen LogP contribution in [0.4, 0.5) is 11.5 Å². The van der Waals surface area contributed by atoms with Gasteiger partial charge in [0, 0.05) is 36.8 Å². The quantitative estimate of drug-likeness (QED) is 0.376. The number of nitrogens with zero attached hydrogens (tertiary/aromatic N) is 4. The summed E-state index contributed by atoms with van der Waals surface area (Å²) in [6.45, 7) is 7.35. The van der Waals surface area contributed by atoms with Crippen LogP contribution < -0.4 is 10.2 Å². The van der Waals surface area contributed by atoms with Gasteiger partial charge in [0.1, 0.15) is 10.8 Å². The first-order chi connectivity index (χ1) is 14.8. The van der Waals surface area contributed by atoms with Crippen LogP contribution in [0.2, 0.25) is 0 Å². The van der Waals surface area contributed by atoms with Crippen molar-refractivity contribution in [3.63, 3.8) is 0 Å². The summed E-state index contributed by atoms with van der Waals surface area (Å²) in [6.07, 6.45) is 6.90. The first kappa shape index (κ1) is 21.6. The Bertz CT molecular complexity index is 1040. The first-order valence-corrected chi connectivity index (χ1v) is 11.7. The van der Waals surface area contributed by atoms with Crippen LogP contribution in [0.15, 0.2) is 42.7 Å². The van der Waals surface area contributed by atoms with E-state index >= 15 is 0 Å². The van der Waals surface area contributed by atoms with Gasteiger partial charge in [-0.3, -0.25) is 4.79 Å². The summed E-state index contributed by atoms with van der Waals surface area (Å²) < 4.78 is 1.97. The summed E-state index contributed by atoms with van der Waals surface area (Å²) in [5.74, 6) is 0.989. The molecule has 1 atom stereocenters. The SMILES string of the molecule is Cc1cnc(C2CC(C)(C)n3ncc(C(=O)CCCCN(C)c4ccccc4)c3N2)s1. The fourth-order valence-corrected chi connectivity index (χ4v) is 5.04. The third-order valence-corrected chi connectivity index (χ3v) is 6.97. The number of ketones is 1. The van der Waals surface area contributed by atoms with Gasteiger partial charge in [-0.25, -0.2) is 9.67 Å². The number of nitrogens with one attached hydrogen (secondary N) is 1. The van der Waals surface area contributed by atoms with Crippen molar-refractivity contribution in [3.05, 3.63) is 58.2 Å². The fraction of sp³-hybridized carbons (Fsp3) is 0.458. The lowest BCUT2D eigenvalue weighted by Crippen LogP contribution is -2.38. The average molecular weight is 438 g/mol. The van der Waals surface area contributed by atoms with Crippen molar-refractivity contribution in [2.75, 3.05) is 23.8 Å². The number of Topliss-reactive ketones (excluding diaryl/α,β-unsaturated/α-hetero) is 1. The summed E-state index contributed by atoms with van der Waals surface area (Å²) in [5, 5.41) is 9.20. The molecule has 0 saturated heterocycles. The predicted octanol–water partition coefficient (Wildman–Crippen LogP) is 5.43. The maximum absolute atomic E-state index is 13.0. The molecule has 7 heteroatoms. The van der Waals surface area contributed by atoms with Crippen LogP contribution in [0.3, 0.4) is 0 Å². The summed E-state index contributed by atoms with van der Waals surface area (Å²) in [4.78, 5) is 21.0. The molecule has 2 aromatic heterocycles. The van der Waals surface area contributed by atoms with Crippen LogP contribution in [0.1, 0.15) is 65.8 Å². The molecule has 0 spiro atoms. The Kier molecular flexibility index (Phi) is 6.14. The van der Waals surface area contributed by atoms with E-state index in [2.05, 4.69) is 60.3 Å². The third kappa shape index (κ3) is 4.66. The molecule has 0 aliphatic carbocycles. The number of para-hydroxylation sites is 1. The van der Waals surface area contributed by atoms with Gasteiger partial charge in [0.05, 0.1) is 23.3 Å². The van der Waals surface area contributed by atoms with Crippen molar-refractivity contribution in [1.29, 1.82) is 0 Å². The topological polar surface area (TPSA) is 63.1 Å². The minimum atomic E-state index is -0.179. The largest absolute Gasteiger partial charge is 0.375 e. The molecule has 1 aliphatic heterocycles. The lowest BCUT2D eigenvalue weighted by molar-refractivity contribution is 0.0980. The predicted molar refractivity (Wildman–Crippen MR) is 127 cm³/mol. The Morgan fingerprint density at radius 1 is 1.26 bits per heavy atom. The summed E-state index contributed by atoms with van der Waals surface area (Å²) in [6, 6.07) is 10.4. The van der Waals surface area contributed by atoms with Crippen molar-refractivity contribution in [1.82, 2.24) is 14.8 Å². The number of hydrogen-bond donors (Lipinski definition) is 1. The monoisotopic (exact) mass is 437 g/mol. The molecule has 164 valence electrons. The van der Waals surface area contributed by atoms with Gasteiger partial charge >= 0.3 is 0 Å². The number of fused-ring (bicyclic) bond motifs is 1. The van der Waals surface area contributed by atoms with E-state index in [1.165, 1.54) is 10.6 Å². The van der Waals surface area contributed by atoms with Crippen molar-refractivity contribution in [2.45, 2.75) is 58.0 Å². The highest BCUT2D eigenvalue weighted by atomic mass is 32.1. The molecule has 6 nitrogen and oxygen atoms in total. The Balaban J connectivity index is 1.39. The van der Waals surface area contributed by atoms with Crippen LogP contribution in [-0.2, 0) is 5.54 Å². The Morgan fingerprint density at radius 3 is 2.74 bits per heavy atom. The van der Waals surface area contributed by atoms with E-state index in [0.717, 1.165) is 36.6 Å². The highest BCUT2D eigenvalue weighted by molar-refractivity contribution is 7.11. The molecule has 1 aromatic carbocycles. The van der Waals surface area contributed by atoms with E-state index in [4.69, 9.17) is 0 Å². The summed E-state index contributed by atoms with van der Waals surface area (Å²) >= 11 is 1.71. The second-order valence-electron chi connectivity index (χ2n) is 8.98. The number of carbonyl (C=O) groups is 1. The van der Waals surface area contributed by atoms with E-state index in [9.17, 15) is 4.79 Å². The Hall–Kier alpha value is -2.67. The number of rotatable bonds is 8. The fourth-order valence-electron chi connectivity index (χ4n) is 4.22. The Labute approximate surface area is 188 Å². The molecular weight excluding hydrogens is 406 g/mol. The van der Waals surface area contributed by atoms with Gasteiger partial charge in [0.15, 0.2) is 5.78 Å². The molecule has 31 heavy (non-hydrogen) atoms. The number of aryl methyl sites for hydroxylation is 1. The van der Waals surface area contributed by atoms with Crippen molar-refractivity contribution >= 4 is 28.6 Å². The molecule has 3 heterocycles. The highest BCUT2D eigenvalue weighted by Crippen LogP contribution is 2.41. The number of thiazole rings is 1. The number of carbonyl (C=O) groups excluding carboxylic acids is 1. The smallest absolute Gasteiger partial charge is 0.168 e. The number of benzene rings is 1. The van der Waals surface area contributed by atoms with E-state index in [0.29, 0.717) is 12.0 Å². The molecule has 1 unspecified atom stereocenters. The number of aromatic nitrogens is 3. The number of anilines is 2. The van der Waals surface area contributed by atoms with Crippen molar-refractivity contribution in [3.8, 4) is 0 Å². The molecule has 0 fully saturated rings. The zero-order valence-corrected chi connectivity index (χ0v) is 19.6. The van der Waals surface area contributed by atoms with Crippen molar-refractivity contribution in [2.24, 2.45) is 0 Å². The van der Waals surface area contributed by atoms with Gasteiger partial charge in [-0.15, -0.1) is 11.3 Å². The summed E-state index contributed by atoms with van der Waals surface area (Å²) in [7, 11) is 2.09. The van der Waals surface area contributed by atoms with Crippen LogP contribution in [0.5, 0.6) is 0 Å². The average Bonchev–Trinajstić information content (AvgIpc) is 3.38. The second-order valence-corrected chi connectivity index (χ2v) is 10.2. The van der Waals surface area contributed by atoms with E-state index in [1.807, 2.05) is 29.1 Å². The molecule has 1 aliphatic rings. The van der Waals surface area contributed by atoms with E-state index in [1.54, 1.807) is 17.5 Å². The maximum Gasteiger partial charge on any atom is 0.168 e. The van der Waals surface area contributed by atoms with Gasteiger partial charge in [-0.1, -0.05) is 18.2 Å². The van der Waals surface area contributed by atoms with Crippen LogP contribution in [-0.4, -0.2) is 34.1 Å².